The number of fused-ring (bicyclic) bond motifs is 1. The lowest BCUT2D eigenvalue weighted by Gasteiger charge is -2.29. The van der Waals surface area contributed by atoms with Crippen molar-refractivity contribution in [3.05, 3.63) is 0 Å². The smallest absolute Gasteiger partial charge is 0.400 e. The van der Waals surface area contributed by atoms with Crippen molar-refractivity contribution in [2.24, 2.45) is 23.7 Å². The third-order valence-corrected chi connectivity index (χ3v) is 6.39. The highest BCUT2D eigenvalue weighted by atomic mass is 32.2. The van der Waals surface area contributed by atoms with Crippen LogP contribution in [0.15, 0.2) is 0 Å². The molecule has 0 aromatic carbocycles. The summed E-state index contributed by atoms with van der Waals surface area (Å²) in [5.41, 5.74) is 0. The van der Waals surface area contributed by atoms with Crippen LogP contribution in [-0.2, 0) is 38.7 Å². The number of ether oxygens (including phenoxy) is 3. The summed E-state index contributed by atoms with van der Waals surface area (Å²) in [6, 6.07) is 0. The fraction of sp³-hybridized carbons (Fsp3) is 0.800. The predicted octanol–water partition coefficient (Wildman–Crippen LogP) is 0.478. The first-order valence-corrected chi connectivity index (χ1v) is 9.83. The maximum absolute atomic E-state index is 13.5. The first-order valence-electron chi connectivity index (χ1n) is 8.39. The number of alkyl halides is 3. The molecule has 3 fully saturated rings. The maximum Gasteiger partial charge on any atom is 0.400 e. The second-order valence-electron chi connectivity index (χ2n) is 7.05. The molecule has 0 spiro atoms. The first kappa shape index (κ1) is 20.8. The van der Waals surface area contributed by atoms with Gasteiger partial charge in [-0.05, 0) is 6.42 Å². The van der Waals surface area contributed by atoms with Crippen molar-refractivity contribution in [3.8, 4) is 0 Å². The summed E-state index contributed by atoms with van der Waals surface area (Å²) in [4.78, 5) is 35.7. The topological polar surface area (TPSA) is 133 Å². The van der Waals surface area contributed by atoms with Crippen molar-refractivity contribution in [2.75, 3.05) is 6.61 Å². The molecule has 2 bridgehead atoms. The Morgan fingerprint density at radius 2 is 2.00 bits per heavy atom. The van der Waals surface area contributed by atoms with E-state index in [-0.39, 0.29) is 5.92 Å². The molecule has 1 aliphatic heterocycles. The second-order valence-corrected chi connectivity index (χ2v) is 8.55. The number of esters is 3. The van der Waals surface area contributed by atoms with E-state index in [0.29, 0.717) is 6.42 Å². The monoisotopic (exact) mass is 430 g/mol. The minimum atomic E-state index is -5.97. The van der Waals surface area contributed by atoms with Gasteiger partial charge in [0.1, 0.15) is 12.2 Å². The van der Waals surface area contributed by atoms with Crippen LogP contribution in [0.25, 0.3) is 0 Å². The Hall–Kier alpha value is -1.89. The van der Waals surface area contributed by atoms with Crippen LogP contribution in [0.3, 0.4) is 0 Å². The van der Waals surface area contributed by atoms with Crippen LogP contribution in [0.2, 0.25) is 0 Å². The van der Waals surface area contributed by atoms with Gasteiger partial charge in [0.05, 0.1) is 18.4 Å². The van der Waals surface area contributed by atoms with E-state index >= 15 is 0 Å². The summed E-state index contributed by atoms with van der Waals surface area (Å²) in [6.07, 6.45) is -5.61. The van der Waals surface area contributed by atoms with E-state index in [1.807, 2.05) is 0 Å². The van der Waals surface area contributed by atoms with Crippen molar-refractivity contribution in [2.45, 2.75) is 43.4 Å². The van der Waals surface area contributed by atoms with E-state index in [4.69, 9.17) is 18.8 Å². The Morgan fingerprint density at radius 3 is 2.57 bits per heavy atom. The lowest BCUT2D eigenvalue weighted by molar-refractivity contribution is -0.164. The van der Waals surface area contributed by atoms with Gasteiger partial charge in [-0.1, -0.05) is 0 Å². The van der Waals surface area contributed by atoms with Gasteiger partial charge in [0, 0.05) is 25.2 Å². The molecule has 1 saturated heterocycles. The number of carbonyl (C=O) groups excluding carboxylic acids is 3. The molecule has 1 N–H and O–H groups in total. The summed E-state index contributed by atoms with van der Waals surface area (Å²) >= 11 is 0. The first-order chi connectivity index (χ1) is 12.9. The molecule has 0 aromatic rings. The number of hydrogen-bond acceptors (Lipinski definition) is 8. The highest BCUT2D eigenvalue weighted by Crippen LogP contribution is 2.59. The van der Waals surface area contributed by atoms with Crippen molar-refractivity contribution >= 4 is 28.0 Å². The van der Waals surface area contributed by atoms with Gasteiger partial charge in [0.15, 0.2) is 6.17 Å². The lowest BCUT2D eigenvalue weighted by Crippen LogP contribution is -2.43. The van der Waals surface area contributed by atoms with Crippen molar-refractivity contribution in [1.29, 1.82) is 0 Å². The highest BCUT2D eigenvalue weighted by Gasteiger charge is 2.70. The molecule has 2 aliphatic carbocycles. The summed E-state index contributed by atoms with van der Waals surface area (Å²) in [7, 11) is -5.97. The van der Waals surface area contributed by atoms with E-state index in [0.717, 1.165) is 6.92 Å². The van der Waals surface area contributed by atoms with Crippen LogP contribution < -0.4 is 0 Å². The van der Waals surface area contributed by atoms with Crippen LogP contribution in [0, 0.1) is 23.7 Å². The van der Waals surface area contributed by atoms with Crippen molar-refractivity contribution in [1.82, 2.24) is 0 Å². The average molecular weight is 430 g/mol. The van der Waals surface area contributed by atoms with E-state index in [9.17, 15) is 36.0 Å². The fourth-order valence-corrected chi connectivity index (χ4v) is 4.79. The third kappa shape index (κ3) is 3.23. The molecule has 158 valence electrons. The van der Waals surface area contributed by atoms with Gasteiger partial charge in [0.2, 0.25) is 0 Å². The fourth-order valence-electron chi connectivity index (χ4n) is 4.35. The van der Waals surface area contributed by atoms with Crippen molar-refractivity contribution < 1.29 is 54.7 Å². The van der Waals surface area contributed by atoms with Crippen LogP contribution in [0.5, 0.6) is 0 Å². The normalized spacial score (nSPS) is 34.8. The summed E-state index contributed by atoms with van der Waals surface area (Å²) < 4.78 is 84.2. The molecule has 0 aromatic heterocycles. The quantitative estimate of drug-likeness (QED) is 0.348. The zero-order chi connectivity index (χ0) is 21.0. The Labute approximate surface area is 157 Å². The maximum atomic E-state index is 13.5. The number of hydrogen-bond donors (Lipinski definition) is 1. The van der Waals surface area contributed by atoms with E-state index < -0.39 is 82.4 Å². The second kappa shape index (κ2) is 6.87. The molecule has 7 atom stereocenters. The molecule has 0 amide bonds. The largest absolute Gasteiger partial charge is 0.465 e. The molecular weight excluding hydrogens is 413 g/mol. The molecule has 28 heavy (non-hydrogen) atoms. The molecule has 0 radical (unpaired) electrons. The summed E-state index contributed by atoms with van der Waals surface area (Å²) in [5, 5.41) is -5.05. The van der Waals surface area contributed by atoms with Crippen molar-refractivity contribution in [3.63, 3.8) is 0 Å². The molecule has 1 heterocycles. The van der Waals surface area contributed by atoms with Crippen LogP contribution in [0.1, 0.15) is 19.8 Å². The van der Waals surface area contributed by atoms with Crippen LogP contribution in [-0.4, -0.2) is 61.1 Å². The minimum absolute atomic E-state index is 0.350. The Kier molecular flexibility index (Phi) is 5.11. The third-order valence-electron chi connectivity index (χ3n) is 5.44. The molecule has 13 heteroatoms. The van der Waals surface area contributed by atoms with Gasteiger partial charge >= 0.3 is 33.3 Å². The highest BCUT2D eigenvalue weighted by molar-refractivity contribution is 7.86. The standard InChI is InChI=1S/C15H17F3O9S/c1-5(19)26-11-6-4-7-10(14(21)27-12(7)11)9(6)13(20)25-3-2-8(16)15(17,18)28(22,23)24/h6-12H,2-4H2,1H3,(H,22,23,24). The van der Waals surface area contributed by atoms with Gasteiger partial charge < -0.3 is 14.2 Å². The number of halogens is 3. The van der Waals surface area contributed by atoms with E-state index in [1.165, 1.54) is 0 Å². The molecule has 3 rings (SSSR count). The molecule has 3 aliphatic rings. The summed E-state index contributed by atoms with van der Waals surface area (Å²) in [5.74, 6) is -5.04. The Bertz CT molecular complexity index is 799. The lowest BCUT2D eigenvalue weighted by atomic mass is 9.78. The van der Waals surface area contributed by atoms with Gasteiger partial charge in [-0.15, -0.1) is 0 Å². The number of carbonyl (C=O) groups is 3. The molecular formula is C15H17F3O9S. The Balaban J connectivity index is 1.63. The summed E-state index contributed by atoms with van der Waals surface area (Å²) in [6.45, 7) is 0.257. The average Bonchev–Trinajstić information content (AvgIpc) is 3.16. The van der Waals surface area contributed by atoms with Gasteiger partial charge in [-0.25, -0.2) is 4.39 Å². The van der Waals surface area contributed by atoms with Gasteiger partial charge in [0.25, 0.3) is 0 Å². The minimum Gasteiger partial charge on any atom is -0.465 e. The van der Waals surface area contributed by atoms with E-state index in [2.05, 4.69) is 0 Å². The molecule has 7 unspecified atom stereocenters. The van der Waals surface area contributed by atoms with Gasteiger partial charge in [-0.2, -0.15) is 17.2 Å². The Morgan fingerprint density at radius 1 is 1.36 bits per heavy atom. The van der Waals surface area contributed by atoms with Gasteiger partial charge in [-0.3, -0.25) is 18.9 Å². The van der Waals surface area contributed by atoms with Crippen LogP contribution >= 0.6 is 0 Å². The number of rotatable bonds is 7. The molecule has 2 saturated carbocycles. The zero-order valence-electron chi connectivity index (χ0n) is 14.4. The zero-order valence-corrected chi connectivity index (χ0v) is 15.2. The van der Waals surface area contributed by atoms with Crippen LogP contribution in [0.4, 0.5) is 13.2 Å². The van der Waals surface area contributed by atoms with E-state index in [1.54, 1.807) is 0 Å². The molecule has 9 nitrogen and oxygen atoms in total. The SMILES string of the molecule is CC(=O)OC1C2CC3C1OC(=O)C3C2C(=O)OCCC(F)C(F)(F)S(=O)(=O)O. The predicted molar refractivity (Wildman–Crippen MR) is 81.0 cm³/mol.